The lowest BCUT2D eigenvalue weighted by atomic mass is 9.98. The molecule has 0 bridgehead atoms. The zero-order valence-corrected chi connectivity index (χ0v) is 14.6. The Kier molecular flexibility index (Phi) is 6.18. The minimum Gasteiger partial charge on any atom is -0.374 e. The van der Waals surface area contributed by atoms with Crippen LogP contribution in [-0.2, 0) is 26.0 Å². The molecule has 0 saturated heterocycles. The number of hydrogen-bond donors (Lipinski definition) is 1. The summed E-state index contributed by atoms with van der Waals surface area (Å²) in [5.74, 6) is -0.516. The Labute approximate surface area is 138 Å². The van der Waals surface area contributed by atoms with Crippen molar-refractivity contribution in [2.75, 3.05) is 11.6 Å². The van der Waals surface area contributed by atoms with Crippen molar-refractivity contribution >= 4 is 21.4 Å². The van der Waals surface area contributed by atoms with Crippen molar-refractivity contribution in [1.29, 1.82) is 0 Å². The van der Waals surface area contributed by atoms with Gasteiger partial charge in [0, 0.05) is 11.9 Å². The predicted octanol–water partition coefficient (Wildman–Crippen LogP) is 2.91. The van der Waals surface area contributed by atoms with Crippen LogP contribution < -0.4 is 5.32 Å². The Morgan fingerprint density at radius 2 is 2.00 bits per heavy atom. The number of hydrogen-bond acceptors (Lipinski definition) is 4. The molecule has 6 heteroatoms. The maximum atomic E-state index is 12.0. The first-order chi connectivity index (χ1) is 10.9. The monoisotopic (exact) mass is 339 g/mol. The van der Waals surface area contributed by atoms with E-state index in [1.54, 1.807) is 6.07 Å². The summed E-state index contributed by atoms with van der Waals surface area (Å²) in [4.78, 5) is 12.0. The van der Waals surface area contributed by atoms with E-state index in [-0.39, 0.29) is 0 Å². The first-order valence-electron chi connectivity index (χ1n) is 8.06. The molecule has 0 radical (unpaired) electrons. The first-order valence-corrected chi connectivity index (χ1v) is 10.0. The molecule has 0 spiro atoms. The van der Waals surface area contributed by atoms with Crippen LogP contribution in [0.15, 0.2) is 24.3 Å². The van der Waals surface area contributed by atoms with Crippen molar-refractivity contribution in [3.05, 3.63) is 29.8 Å². The van der Waals surface area contributed by atoms with E-state index in [9.17, 15) is 13.2 Å². The third-order valence-corrected chi connectivity index (χ3v) is 5.74. The molecule has 128 valence electrons. The summed E-state index contributed by atoms with van der Waals surface area (Å²) < 4.78 is 28.8. The van der Waals surface area contributed by atoms with E-state index in [2.05, 4.69) is 5.32 Å². The van der Waals surface area contributed by atoms with E-state index in [0.717, 1.165) is 24.7 Å². The second-order valence-electron chi connectivity index (χ2n) is 6.23. The van der Waals surface area contributed by atoms with E-state index in [1.165, 1.54) is 26.2 Å². The van der Waals surface area contributed by atoms with Gasteiger partial charge in [0.15, 0.2) is 9.84 Å². The average molecular weight is 339 g/mol. The van der Waals surface area contributed by atoms with Gasteiger partial charge in [0.25, 0.3) is 0 Å². The number of ether oxygens (including phenoxy) is 1. The molecule has 2 rings (SSSR count). The number of carbonyl (C=O) groups excluding carboxylic acids is 1. The molecule has 1 amide bonds. The molecule has 0 aliphatic heterocycles. The third-order valence-electron chi connectivity index (χ3n) is 4.24. The number of rotatable bonds is 6. The largest absolute Gasteiger partial charge is 0.374 e. The SMILES string of the molecule is C[C@H](C(=O)Nc1cccc(COC2CCCCC2)c1)S(C)(=O)=O. The molecule has 1 aromatic rings. The Morgan fingerprint density at radius 1 is 1.30 bits per heavy atom. The van der Waals surface area contributed by atoms with Gasteiger partial charge in [0.2, 0.25) is 5.91 Å². The summed E-state index contributed by atoms with van der Waals surface area (Å²) in [5.41, 5.74) is 1.57. The molecule has 1 aliphatic rings. The number of sulfone groups is 1. The smallest absolute Gasteiger partial charge is 0.242 e. The van der Waals surface area contributed by atoms with Crippen LogP contribution >= 0.6 is 0 Å². The lowest BCUT2D eigenvalue weighted by Gasteiger charge is -2.22. The highest BCUT2D eigenvalue weighted by molar-refractivity contribution is 7.92. The van der Waals surface area contributed by atoms with Gasteiger partial charge in [0.05, 0.1) is 12.7 Å². The number of amides is 1. The van der Waals surface area contributed by atoms with E-state index in [0.29, 0.717) is 18.4 Å². The maximum Gasteiger partial charge on any atom is 0.242 e. The van der Waals surface area contributed by atoms with Crippen LogP contribution in [0.1, 0.15) is 44.6 Å². The Balaban J connectivity index is 1.92. The zero-order chi connectivity index (χ0) is 16.9. The topological polar surface area (TPSA) is 72.5 Å². The van der Waals surface area contributed by atoms with Crippen LogP contribution in [0.3, 0.4) is 0 Å². The van der Waals surface area contributed by atoms with E-state index < -0.39 is 21.0 Å². The van der Waals surface area contributed by atoms with Gasteiger partial charge < -0.3 is 10.1 Å². The Hall–Kier alpha value is -1.40. The highest BCUT2D eigenvalue weighted by Gasteiger charge is 2.23. The molecule has 1 atom stereocenters. The van der Waals surface area contributed by atoms with Gasteiger partial charge in [0.1, 0.15) is 5.25 Å². The average Bonchev–Trinajstić information content (AvgIpc) is 2.52. The molecule has 1 N–H and O–H groups in total. The molecular weight excluding hydrogens is 314 g/mol. The van der Waals surface area contributed by atoms with Crippen LogP contribution in [0.25, 0.3) is 0 Å². The van der Waals surface area contributed by atoms with Crippen LogP contribution in [-0.4, -0.2) is 31.9 Å². The zero-order valence-electron chi connectivity index (χ0n) is 13.7. The molecule has 1 fully saturated rings. The fourth-order valence-electron chi connectivity index (χ4n) is 2.62. The summed E-state index contributed by atoms with van der Waals surface area (Å²) in [7, 11) is -3.39. The van der Waals surface area contributed by atoms with Gasteiger partial charge in [-0.15, -0.1) is 0 Å². The van der Waals surface area contributed by atoms with Gasteiger partial charge in [-0.1, -0.05) is 31.4 Å². The van der Waals surface area contributed by atoms with Crippen molar-refractivity contribution in [3.8, 4) is 0 Å². The van der Waals surface area contributed by atoms with Gasteiger partial charge >= 0.3 is 0 Å². The number of nitrogens with one attached hydrogen (secondary N) is 1. The summed E-state index contributed by atoms with van der Waals surface area (Å²) in [6.45, 7) is 1.90. The van der Waals surface area contributed by atoms with Crippen LogP contribution in [0.4, 0.5) is 5.69 Å². The minimum atomic E-state index is -3.39. The highest BCUT2D eigenvalue weighted by atomic mass is 32.2. The maximum absolute atomic E-state index is 12.0. The lowest BCUT2D eigenvalue weighted by molar-refractivity contribution is -0.115. The number of carbonyl (C=O) groups is 1. The van der Waals surface area contributed by atoms with Crippen LogP contribution in [0.2, 0.25) is 0 Å². The molecule has 1 saturated carbocycles. The third kappa shape index (κ3) is 5.62. The minimum absolute atomic E-state index is 0.326. The first kappa shape index (κ1) is 17.9. The van der Waals surface area contributed by atoms with Crippen molar-refractivity contribution in [2.45, 2.75) is 57.0 Å². The normalized spacial score (nSPS) is 17.7. The quantitative estimate of drug-likeness (QED) is 0.865. The van der Waals surface area contributed by atoms with Gasteiger partial charge in [-0.2, -0.15) is 0 Å². The van der Waals surface area contributed by atoms with Gasteiger partial charge in [-0.05, 0) is 37.5 Å². The van der Waals surface area contributed by atoms with E-state index in [1.807, 2.05) is 18.2 Å². The molecule has 0 heterocycles. The molecule has 23 heavy (non-hydrogen) atoms. The molecule has 1 aromatic carbocycles. The lowest BCUT2D eigenvalue weighted by Crippen LogP contribution is -2.31. The fourth-order valence-corrected chi connectivity index (χ4v) is 3.07. The fraction of sp³-hybridized carbons (Fsp3) is 0.588. The van der Waals surface area contributed by atoms with Crippen molar-refractivity contribution < 1.29 is 17.9 Å². The van der Waals surface area contributed by atoms with E-state index in [4.69, 9.17) is 4.74 Å². The molecular formula is C17H25NO4S. The molecule has 1 aliphatic carbocycles. The Morgan fingerprint density at radius 3 is 2.65 bits per heavy atom. The van der Waals surface area contributed by atoms with Gasteiger partial charge in [-0.3, -0.25) is 4.79 Å². The standard InChI is InChI=1S/C17H25NO4S/c1-13(23(2,20)21)17(19)18-15-8-6-7-14(11-15)12-22-16-9-4-3-5-10-16/h6-8,11,13,16H,3-5,9-10,12H2,1-2H3,(H,18,19)/t13-/m1/s1. The number of anilines is 1. The van der Waals surface area contributed by atoms with Crippen molar-refractivity contribution in [1.82, 2.24) is 0 Å². The molecule has 0 unspecified atom stereocenters. The Bertz CT molecular complexity index is 636. The highest BCUT2D eigenvalue weighted by Crippen LogP contribution is 2.22. The van der Waals surface area contributed by atoms with Crippen LogP contribution in [0.5, 0.6) is 0 Å². The van der Waals surface area contributed by atoms with Crippen LogP contribution in [0, 0.1) is 0 Å². The van der Waals surface area contributed by atoms with Gasteiger partial charge in [-0.25, -0.2) is 8.42 Å². The second kappa shape index (κ2) is 7.93. The van der Waals surface area contributed by atoms with Crippen molar-refractivity contribution in [3.63, 3.8) is 0 Å². The second-order valence-corrected chi connectivity index (χ2v) is 8.60. The molecule has 5 nitrogen and oxygen atoms in total. The predicted molar refractivity (Wildman–Crippen MR) is 91.0 cm³/mol. The summed E-state index contributed by atoms with van der Waals surface area (Å²) in [5, 5.41) is 1.59. The molecule has 0 aromatic heterocycles. The van der Waals surface area contributed by atoms with E-state index >= 15 is 0 Å². The summed E-state index contributed by atoms with van der Waals surface area (Å²) in [6.07, 6.45) is 7.36. The summed E-state index contributed by atoms with van der Waals surface area (Å²) >= 11 is 0. The summed E-state index contributed by atoms with van der Waals surface area (Å²) in [6, 6.07) is 7.35. The van der Waals surface area contributed by atoms with Crippen molar-refractivity contribution in [2.24, 2.45) is 0 Å². The number of benzene rings is 1.